The monoisotopic (exact) mass is 180 g/mol. The summed E-state index contributed by atoms with van der Waals surface area (Å²) in [5.74, 6) is -2.36. The van der Waals surface area contributed by atoms with Crippen LogP contribution in [0.3, 0.4) is 0 Å². The molecule has 0 radical (unpaired) electrons. The highest BCUT2D eigenvalue weighted by molar-refractivity contribution is 5.93. The minimum atomic E-state index is -1.26. The van der Waals surface area contributed by atoms with Crippen molar-refractivity contribution in [3.63, 3.8) is 0 Å². The molecule has 1 aliphatic carbocycles. The fourth-order valence-corrected chi connectivity index (χ4v) is 1.30. The van der Waals surface area contributed by atoms with Crippen LogP contribution in [0.25, 0.3) is 0 Å². The lowest BCUT2D eigenvalue weighted by molar-refractivity contribution is -0.213. The molecule has 1 fully saturated rings. The second-order valence-electron chi connectivity index (χ2n) is 2.89. The molecule has 4 heteroatoms. The summed E-state index contributed by atoms with van der Waals surface area (Å²) in [4.78, 5) is 21.9. The van der Waals surface area contributed by atoms with Gasteiger partial charge in [0.15, 0.2) is 0 Å². The second-order valence-corrected chi connectivity index (χ2v) is 2.89. The Morgan fingerprint density at radius 1 is 1.08 bits per heavy atom. The summed E-state index contributed by atoms with van der Waals surface area (Å²) >= 11 is 0. The van der Waals surface area contributed by atoms with Gasteiger partial charge < -0.3 is 9.47 Å². The molecule has 0 amide bonds. The Labute approximate surface area is 74.8 Å². The molecule has 13 heavy (non-hydrogen) atoms. The van der Waals surface area contributed by atoms with Gasteiger partial charge in [0.1, 0.15) is 6.42 Å². The predicted molar refractivity (Wildman–Crippen MR) is 42.4 cm³/mol. The third-order valence-electron chi connectivity index (χ3n) is 1.81. The van der Waals surface area contributed by atoms with Gasteiger partial charge in [-0.25, -0.2) is 0 Å². The number of hydrogen-bond donors (Lipinski definition) is 0. The third kappa shape index (κ3) is 1.47. The van der Waals surface area contributed by atoms with Crippen molar-refractivity contribution in [2.75, 3.05) is 0 Å². The Kier molecular flexibility index (Phi) is 1.69. The van der Waals surface area contributed by atoms with Crippen LogP contribution in [-0.2, 0) is 19.1 Å². The van der Waals surface area contributed by atoms with Crippen LogP contribution in [0.2, 0.25) is 0 Å². The fourth-order valence-electron chi connectivity index (χ4n) is 1.30. The fraction of sp³-hybridized carbons (Fsp3) is 0.333. The molecule has 0 aromatic rings. The van der Waals surface area contributed by atoms with Gasteiger partial charge in [-0.15, -0.1) is 0 Å². The number of carbonyl (C=O) groups is 2. The van der Waals surface area contributed by atoms with Gasteiger partial charge in [0, 0.05) is 12.2 Å². The average Bonchev–Trinajstić information content (AvgIpc) is 2.02. The highest BCUT2D eigenvalue weighted by Gasteiger charge is 2.39. The number of hydrogen-bond acceptors (Lipinski definition) is 4. The third-order valence-corrected chi connectivity index (χ3v) is 1.81. The lowest BCUT2D eigenvalue weighted by atomic mass is 10.1. The van der Waals surface area contributed by atoms with Crippen molar-refractivity contribution < 1.29 is 19.1 Å². The van der Waals surface area contributed by atoms with Crippen molar-refractivity contribution >= 4 is 11.9 Å². The molecule has 1 saturated heterocycles. The molecule has 68 valence electrons. The minimum absolute atomic E-state index is 0.302. The molecule has 4 nitrogen and oxygen atoms in total. The molecule has 0 unspecified atom stereocenters. The lowest BCUT2D eigenvalue weighted by Crippen LogP contribution is -2.42. The van der Waals surface area contributed by atoms with Gasteiger partial charge in [0.2, 0.25) is 0 Å². The highest BCUT2D eigenvalue weighted by atomic mass is 16.7. The minimum Gasteiger partial charge on any atom is -0.414 e. The van der Waals surface area contributed by atoms with E-state index in [4.69, 9.17) is 9.47 Å². The Hall–Kier alpha value is -1.58. The van der Waals surface area contributed by atoms with Crippen LogP contribution in [0, 0.1) is 0 Å². The second kappa shape index (κ2) is 2.73. The topological polar surface area (TPSA) is 52.6 Å². The summed E-state index contributed by atoms with van der Waals surface area (Å²) in [6.45, 7) is 0. The van der Waals surface area contributed by atoms with E-state index >= 15 is 0 Å². The molecule has 2 aliphatic rings. The zero-order valence-electron chi connectivity index (χ0n) is 6.86. The maximum absolute atomic E-state index is 11.0. The summed E-state index contributed by atoms with van der Waals surface area (Å²) in [5, 5.41) is 0. The van der Waals surface area contributed by atoms with E-state index in [2.05, 4.69) is 0 Å². The van der Waals surface area contributed by atoms with Crippen LogP contribution in [0.1, 0.15) is 12.8 Å². The zero-order valence-corrected chi connectivity index (χ0v) is 6.86. The Bertz CT molecular complexity index is 284. The Morgan fingerprint density at radius 2 is 1.62 bits per heavy atom. The van der Waals surface area contributed by atoms with Crippen molar-refractivity contribution in [2.24, 2.45) is 0 Å². The number of carbonyl (C=O) groups excluding carboxylic acids is 2. The predicted octanol–water partition coefficient (Wildman–Crippen LogP) is 0.689. The van der Waals surface area contributed by atoms with E-state index in [1.54, 1.807) is 24.3 Å². The van der Waals surface area contributed by atoms with Crippen molar-refractivity contribution in [1.29, 1.82) is 0 Å². The largest absolute Gasteiger partial charge is 0.414 e. The quantitative estimate of drug-likeness (QED) is 0.312. The number of rotatable bonds is 0. The standard InChI is InChI=1S/C9H8O4/c10-7-6-8(11)13-9(12-7)4-2-1-3-5-9/h2-5H,1,6H2. The van der Waals surface area contributed by atoms with Gasteiger partial charge in [-0.2, -0.15) is 0 Å². The van der Waals surface area contributed by atoms with Crippen LogP contribution in [0.5, 0.6) is 0 Å². The molecule has 0 aromatic carbocycles. The van der Waals surface area contributed by atoms with Gasteiger partial charge in [0.25, 0.3) is 5.79 Å². The van der Waals surface area contributed by atoms with Crippen LogP contribution in [0.4, 0.5) is 0 Å². The van der Waals surface area contributed by atoms with Gasteiger partial charge in [-0.3, -0.25) is 9.59 Å². The molecular weight excluding hydrogens is 172 g/mol. The van der Waals surface area contributed by atoms with E-state index in [9.17, 15) is 9.59 Å². The SMILES string of the molecule is O=C1CC(=O)OC2(C=CCC=C2)O1. The molecule has 1 spiro atoms. The number of allylic oxidation sites excluding steroid dienone is 2. The van der Waals surface area contributed by atoms with Crippen LogP contribution < -0.4 is 0 Å². The van der Waals surface area contributed by atoms with E-state index in [1.165, 1.54) is 0 Å². The Balaban J connectivity index is 2.26. The van der Waals surface area contributed by atoms with E-state index in [0.717, 1.165) is 6.42 Å². The normalized spacial score (nSPS) is 24.3. The van der Waals surface area contributed by atoms with Crippen molar-refractivity contribution in [1.82, 2.24) is 0 Å². The molecule has 0 N–H and O–H groups in total. The summed E-state index contributed by atoms with van der Waals surface area (Å²) < 4.78 is 9.86. The lowest BCUT2D eigenvalue weighted by Gasteiger charge is -2.31. The molecule has 0 saturated carbocycles. The summed E-state index contributed by atoms with van der Waals surface area (Å²) in [7, 11) is 0. The van der Waals surface area contributed by atoms with Gasteiger partial charge in [-0.05, 0) is 6.42 Å². The average molecular weight is 180 g/mol. The summed E-state index contributed by atoms with van der Waals surface area (Å²) in [6.07, 6.45) is 7.17. The van der Waals surface area contributed by atoms with E-state index in [-0.39, 0.29) is 6.42 Å². The smallest absolute Gasteiger partial charge is 0.320 e. The molecular formula is C9H8O4. The van der Waals surface area contributed by atoms with Crippen LogP contribution in [0.15, 0.2) is 24.3 Å². The van der Waals surface area contributed by atoms with Gasteiger partial charge in [0.05, 0.1) is 0 Å². The molecule has 0 atom stereocenters. The van der Waals surface area contributed by atoms with E-state index in [0.29, 0.717) is 0 Å². The first kappa shape index (κ1) is 8.04. The molecule has 1 aliphatic heterocycles. The maximum Gasteiger partial charge on any atom is 0.320 e. The van der Waals surface area contributed by atoms with Gasteiger partial charge in [-0.1, -0.05) is 12.2 Å². The first-order chi connectivity index (χ1) is 6.20. The van der Waals surface area contributed by atoms with Crippen molar-refractivity contribution in [3.8, 4) is 0 Å². The number of esters is 2. The molecule has 1 heterocycles. The molecule has 0 aromatic heterocycles. The number of ether oxygens (including phenoxy) is 2. The molecule has 2 rings (SSSR count). The van der Waals surface area contributed by atoms with Gasteiger partial charge >= 0.3 is 11.9 Å². The van der Waals surface area contributed by atoms with Crippen molar-refractivity contribution in [2.45, 2.75) is 18.6 Å². The zero-order chi connectivity index (χ0) is 9.31. The van der Waals surface area contributed by atoms with Crippen molar-refractivity contribution in [3.05, 3.63) is 24.3 Å². The Morgan fingerprint density at radius 3 is 2.15 bits per heavy atom. The van der Waals surface area contributed by atoms with E-state index < -0.39 is 17.7 Å². The molecule has 0 bridgehead atoms. The summed E-state index contributed by atoms with van der Waals surface area (Å²) in [5.41, 5.74) is 0. The first-order valence-corrected chi connectivity index (χ1v) is 3.99. The van der Waals surface area contributed by atoms with E-state index in [1.807, 2.05) is 0 Å². The van der Waals surface area contributed by atoms with Crippen LogP contribution in [-0.4, -0.2) is 17.7 Å². The van der Waals surface area contributed by atoms with Crippen LogP contribution >= 0.6 is 0 Å². The highest BCUT2D eigenvalue weighted by Crippen LogP contribution is 2.26. The summed E-state index contributed by atoms with van der Waals surface area (Å²) in [6, 6.07) is 0. The first-order valence-electron chi connectivity index (χ1n) is 3.99. The maximum atomic E-state index is 11.0.